The molecule has 1 fully saturated rings. The fourth-order valence-electron chi connectivity index (χ4n) is 3.03. The van der Waals surface area contributed by atoms with Gasteiger partial charge in [0.1, 0.15) is 0 Å². The third kappa shape index (κ3) is 3.30. The maximum atomic E-state index is 13.0. The quantitative estimate of drug-likeness (QED) is 0.775. The van der Waals surface area contributed by atoms with Crippen molar-refractivity contribution in [2.75, 3.05) is 14.1 Å². The maximum absolute atomic E-state index is 13.0. The largest absolute Gasteiger partial charge is 0.416 e. The van der Waals surface area contributed by atoms with Crippen molar-refractivity contribution in [2.24, 2.45) is 0 Å². The molecule has 2 atom stereocenters. The summed E-state index contributed by atoms with van der Waals surface area (Å²) in [6.45, 7) is 0. The van der Waals surface area contributed by atoms with Crippen LogP contribution in [0.3, 0.4) is 0 Å². The zero-order valence-electron chi connectivity index (χ0n) is 11.4. The SMILES string of the molecule is CN(C)C1CCCC(c2ccccc2C(F)(F)F)C1. The van der Waals surface area contributed by atoms with Crippen LogP contribution in [-0.4, -0.2) is 25.0 Å². The van der Waals surface area contributed by atoms with E-state index in [0.717, 1.165) is 25.7 Å². The summed E-state index contributed by atoms with van der Waals surface area (Å²) in [5, 5.41) is 0. The lowest BCUT2D eigenvalue weighted by Gasteiger charge is -2.34. The van der Waals surface area contributed by atoms with Gasteiger partial charge in [-0.3, -0.25) is 0 Å². The number of rotatable bonds is 2. The molecule has 0 heterocycles. The number of halogens is 3. The second-order valence-corrected chi connectivity index (χ2v) is 5.57. The van der Waals surface area contributed by atoms with Crippen LogP contribution in [0.2, 0.25) is 0 Å². The van der Waals surface area contributed by atoms with Crippen molar-refractivity contribution in [3.05, 3.63) is 35.4 Å². The van der Waals surface area contributed by atoms with E-state index in [4.69, 9.17) is 0 Å². The minimum absolute atomic E-state index is 0.0268. The highest BCUT2D eigenvalue weighted by Crippen LogP contribution is 2.41. The molecule has 1 nitrogen and oxygen atoms in total. The highest BCUT2D eigenvalue weighted by Gasteiger charge is 2.36. The van der Waals surface area contributed by atoms with Gasteiger partial charge in [-0.2, -0.15) is 13.2 Å². The highest BCUT2D eigenvalue weighted by molar-refractivity contribution is 5.33. The Labute approximate surface area is 112 Å². The topological polar surface area (TPSA) is 3.24 Å². The van der Waals surface area contributed by atoms with Gasteiger partial charge in [-0.25, -0.2) is 0 Å². The van der Waals surface area contributed by atoms with Crippen molar-refractivity contribution < 1.29 is 13.2 Å². The van der Waals surface area contributed by atoms with Crippen molar-refractivity contribution in [1.29, 1.82) is 0 Å². The van der Waals surface area contributed by atoms with E-state index in [1.807, 2.05) is 14.1 Å². The van der Waals surface area contributed by atoms with Crippen molar-refractivity contribution in [1.82, 2.24) is 4.90 Å². The molecule has 1 aromatic rings. The van der Waals surface area contributed by atoms with Gasteiger partial charge < -0.3 is 4.90 Å². The Bertz CT molecular complexity index is 426. The van der Waals surface area contributed by atoms with Gasteiger partial charge >= 0.3 is 6.18 Å². The maximum Gasteiger partial charge on any atom is 0.416 e. The standard InChI is InChI=1S/C15H20F3N/c1-19(2)12-7-5-6-11(10-12)13-8-3-4-9-14(13)15(16,17)18/h3-4,8-9,11-12H,5-7,10H2,1-2H3. The average molecular weight is 271 g/mol. The number of nitrogens with zero attached hydrogens (tertiary/aromatic N) is 1. The van der Waals surface area contributed by atoms with Gasteiger partial charge in [0.15, 0.2) is 0 Å². The predicted octanol–water partition coefficient (Wildman–Crippen LogP) is 4.29. The molecule has 0 bridgehead atoms. The van der Waals surface area contributed by atoms with Crippen LogP contribution in [0.4, 0.5) is 13.2 Å². The molecule has 0 aromatic heterocycles. The molecule has 1 aliphatic carbocycles. The van der Waals surface area contributed by atoms with E-state index in [0.29, 0.717) is 11.6 Å². The number of hydrogen-bond donors (Lipinski definition) is 0. The smallest absolute Gasteiger partial charge is 0.306 e. The lowest BCUT2D eigenvalue weighted by molar-refractivity contribution is -0.138. The summed E-state index contributed by atoms with van der Waals surface area (Å²) in [5.74, 6) is 0.0268. The zero-order valence-corrected chi connectivity index (χ0v) is 11.4. The number of benzene rings is 1. The van der Waals surface area contributed by atoms with Gasteiger partial charge in [-0.05, 0) is 50.9 Å². The van der Waals surface area contributed by atoms with Crippen LogP contribution >= 0.6 is 0 Å². The molecule has 0 N–H and O–H groups in total. The molecule has 0 amide bonds. The molecule has 0 aliphatic heterocycles. The van der Waals surface area contributed by atoms with Gasteiger partial charge in [0.25, 0.3) is 0 Å². The van der Waals surface area contributed by atoms with E-state index in [-0.39, 0.29) is 5.92 Å². The van der Waals surface area contributed by atoms with Gasteiger partial charge in [-0.15, -0.1) is 0 Å². The second kappa shape index (κ2) is 5.53. The van der Waals surface area contributed by atoms with Crippen LogP contribution in [-0.2, 0) is 6.18 Å². The first-order chi connectivity index (χ1) is 8.89. The Hall–Kier alpha value is -1.03. The predicted molar refractivity (Wildman–Crippen MR) is 70.1 cm³/mol. The summed E-state index contributed by atoms with van der Waals surface area (Å²) in [5.41, 5.74) is 0.0148. The van der Waals surface area contributed by atoms with Gasteiger partial charge in [0, 0.05) is 6.04 Å². The molecular formula is C15H20F3N. The van der Waals surface area contributed by atoms with Crippen molar-refractivity contribution in [3.8, 4) is 0 Å². The van der Waals surface area contributed by atoms with Crippen LogP contribution < -0.4 is 0 Å². The van der Waals surface area contributed by atoms with Crippen molar-refractivity contribution in [2.45, 2.75) is 43.8 Å². The van der Waals surface area contributed by atoms with E-state index in [9.17, 15) is 13.2 Å². The Morgan fingerprint density at radius 3 is 2.42 bits per heavy atom. The van der Waals surface area contributed by atoms with Crippen LogP contribution in [0.1, 0.15) is 42.7 Å². The molecule has 4 heteroatoms. The van der Waals surface area contributed by atoms with E-state index in [2.05, 4.69) is 4.90 Å². The van der Waals surface area contributed by atoms with Gasteiger partial charge in [-0.1, -0.05) is 24.6 Å². The van der Waals surface area contributed by atoms with Crippen LogP contribution in [0.5, 0.6) is 0 Å². The first-order valence-corrected chi connectivity index (χ1v) is 6.72. The Balaban J connectivity index is 2.27. The van der Waals surface area contributed by atoms with Gasteiger partial charge in [0.2, 0.25) is 0 Å². The molecule has 1 aromatic carbocycles. The third-order valence-electron chi connectivity index (χ3n) is 4.08. The highest BCUT2D eigenvalue weighted by atomic mass is 19.4. The van der Waals surface area contributed by atoms with Crippen molar-refractivity contribution >= 4 is 0 Å². The molecule has 106 valence electrons. The summed E-state index contributed by atoms with van der Waals surface area (Å²) < 4.78 is 39.1. The first kappa shape index (κ1) is 14.4. The molecule has 19 heavy (non-hydrogen) atoms. The second-order valence-electron chi connectivity index (χ2n) is 5.57. The van der Waals surface area contributed by atoms with Crippen molar-refractivity contribution in [3.63, 3.8) is 0 Å². The Morgan fingerprint density at radius 1 is 1.11 bits per heavy atom. The minimum Gasteiger partial charge on any atom is -0.306 e. The normalized spacial score (nSPS) is 24.7. The van der Waals surface area contributed by atoms with Crippen LogP contribution in [0, 0.1) is 0 Å². The van der Waals surface area contributed by atoms with Crippen LogP contribution in [0.25, 0.3) is 0 Å². The fourth-order valence-corrected chi connectivity index (χ4v) is 3.03. The molecule has 2 unspecified atom stereocenters. The van der Waals surface area contributed by atoms with E-state index in [1.165, 1.54) is 12.1 Å². The van der Waals surface area contributed by atoms with Crippen LogP contribution in [0.15, 0.2) is 24.3 Å². The summed E-state index contributed by atoms with van der Waals surface area (Å²) in [6, 6.07) is 6.42. The third-order valence-corrected chi connectivity index (χ3v) is 4.08. The van der Waals surface area contributed by atoms with E-state index < -0.39 is 11.7 Å². The molecule has 1 aliphatic rings. The summed E-state index contributed by atoms with van der Waals surface area (Å²) in [4.78, 5) is 2.13. The van der Waals surface area contributed by atoms with E-state index >= 15 is 0 Å². The first-order valence-electron chi connectivity index (χ1n) is 6.72. The molecule has 2 rings (SSSR count). The number of alkyl halides is 3. The molecule has 0 spiro atoms. The van der Waals surface area contributed by atoms with E-state index in [1.54, 1.807) is 12.1 Å². The lowest BCUT2D eigenvalue weighted by atomic mass is 9.79. The molecular weight excluding hydrogens is 251 g/mol. The molecule has 0 radical (unpaired) electrons. The molecule has 1 saturated carbocycles. The summed E-state index contributed by atoms with van der Waals surface area (Å²) in [7, 11) is 4.01. The lowest BCUT2D eigenvalue weighted by Crippen LogP contribution is -2.33. The summed E-state index contributed by atoms with van der Waals surface area (Å²) >= 11 is 0. The average Bonchev–Trinajstić information content (AvgIpc) is 2.38. The summed E-state index contributed by atoms with van der Waals surface area (Å²) in [6.07, 6.45) is -0.490. The Morgan fingerprint density at radius 2 is 1.79 bits per heavy atom. The molecule has 0 saturated heterocycles. The number of hydrogen-bond acceptors (Lipinski definition) is 1. The monoisotopic (exact) mass is 271 g/mol. The van der Waals surface area contributed by atoms with Gasteiger partial charge in [0.05, 0.1) is 5.56 Å². The Kier molecular flexibility index (Phi) is 4.19. The minimum atomic E-state index is -4.25. The zero-order chi connectivity index (χ0) is 14.0. The fraction of sp³-hybridized carbons (Fsp3) is 0.600.